The van der Waals surface area contributed by atoms with E-state index in [1.54, 1.807) is 34.0 Å². The summed E-state index contributed by atoms with van der Waals surface area (Å²) in [5, 5.41) is 7.81. The highest BCUT2D eigenvalue weighted by Crippen LogP contribution is 2.31. The molecule has 3 heterocycles. The van der Waals surface area contributed by atoms with Crippen LogP contribution < -0.4 is 0 Å². The van der Waals surface area contributed by atoms with Crippen LogP contribution in [0, 0.1) is 0 Å². The second-order valence-electron chi connectivity index (χ2n) is 11.0. The standard InChI is InChI=1S/C34H32ClN5O2S/c1-22(2)31-28(32(41)38-17-18-39(23(3)20-38)33(42)27-11-7-8-12-29(27)35)19-36-40(31)34-37-30(21-43-34)26-15-13-25(14-16-26)24-9-5-4-6-10-24/h4-16,19,21-23H,17-18,20H2,1-3H3. The number of rotatable bonds is 6. The lowest BCUT2D eigenvalue weighted by Crippen LogP contribution is -2.55. The molecule has 0 aliphatic carbocycles. The van der Waals surface area contributed by atoms with Gasteiger partial charge in [0.2, 0.25) is 5.13 Å². The van der Waals surface area contributed by atoms with Crippen LogP contribution in [0.25, 0.3) is 27.5 Å². The van der Waals surface area contributed by atoms with Crippen LogP contribution >= 0.6 is 22.9 Å². The number of piperazine rings is 1. The molecule has 1 saturated heterocycles. The minimum Gasteiger partial charge on any atom is -0.335 e. The third kappa shape index (κ3) is 5.72. The molecule has 3 aromatic carbocycles. The number of amides is 2. The number of carbonyl (C=O) groups is 2. The van der Waals surface area contributed by atoms with Gasteiger partial charge in [0.15, 0.2) is 0 Å². The predicted octanol–water partition coefficient (Wildman–Crippen LogP) is 7.43. The first kappa shape index (κ1) is 28.8. The van der Waals surface area contributed by atoms with Gasteiger partial charge in [0, 0.05) is 36.6 Å². The van der Waals surface area contributed by atoms with Gasteiger partial charge in [-0.2, -0.15) is 5.10 Å². The average Bonchev–Trinajstić information content (AvgIpc) is 3.69. The van der Waals surface area contributed by atoms with Crippen molar-refractivity contribution >= 4 is 34.8 Å². The zero-order valence-electron chi connectivity index (χ0n) is 24.3. The van der Waals surface area contributed by atoms with E-state index in [9.17, 15) is 9.59 Å². The third-order valence-corrected chi connectivity index (χ3v) is 8.97. The van der Waals surface area contributed by atoms with Crippen molar-refractivity contribution in [2.24, 2.45) is 0 Å². The van der Waals surface area contributed by atoms with Gasteiger partial charge in [0.25, 0.3) is 11.8 Å². The van der Waals surface area contributed by atoms with E-state index < -0.39 is 0 Å². The summed E-state index contributed by atoms with van der Waals surface area (Å²) in [7, 11) is 0. The first-order valence-corrected chi connectivity index (χ1v) is 15.6. The molecule has 218 valence electrons. The number of halogens is 1. The smallest absolute Gasteiger partial charge is 0.257 e. The van der Waals surface area contributed by atoms with Crippen LogP contribution in [0.5, 0.6) is 0 Å². The van der Waals surface area contributed by atoms with E-state index in [1.165, 1.54) is 16.9 Å². The molecule has 0 saturated carbocycles. The third-order valence-electron chi connectivity index (χ3n) is 7.82. The first-order chi connectivity index (χ1) is 20.8. The number of aromatic nitrogens is 3. The minimum absolute atomic E-state index is 0.0412. The Labute approximate surface area is 260 Å². The first-order valence-electron chi connectivity index (χ1n) is 14.4. The van der Waals surface area contributed by atoms with Gasteiger partial charge in [-0.15, -0.1) is 11.3 Å². The summed E-state index contributed by atoms with van der Waals surface area (Å²) < 4.78 is 1.80. The molecule has 0 N–H and O–H groups in total. The highest BCUT2D eigenvalue weighted by molar-refractivity contribution is 7.12. The van der Waals surface area contributed by atoms with Gasteiger partial charge in [0.05, 0.1) is 33.7 Å². The second kappa shape index (κ2) is 12.1. The molecule has 7 nitrogen and oxygen atoms in total. The van der Waals surface area contributed by atoms with Gasteiger partial charge < -0.3 is 9.80 Å². The number of hydrogen-bond acceptors (Lipinski definition) is 5. The molecular weight excluding hydrogens is 578 g/mol. The van der Waals surface area contributed by atoms with Crippen LogP contribution in [0.1, 0.15) is 53.1 Å². The Bertz CT molecular complexity index is 1760. The van der Waals surface area contributed by atoms with Gasteiger partial charge >= 0.3 is 0 Å². The van der Waals surface area contributed by atoms with Crippen molar-refractivity contribution in [1.29, 1.82) is 0 Å². The lowest BCUT2D eigenvalue weighted by molar-refractivity contribution is 0.0413. The minimum atomic E-state index is -0.159. The van der Waals surface area contributed by atoms with Crippen LogP contribution in [-0.2, 0) is 0 Å². The number of carbonyl (C=O) groups excluding carboxylic acids is 2. The maximum absolute atomic E-state index is 13.8. The maximum atomic E-state index is 13.8. The van der Waals surface area contributed by atoms with Gasteiger partial charge in [-0.1, -0.05) is 92.2 Å². The van der Waals surface area contributed by atoms with Crippen molar-refractivity contribution in [3.63, 3.8) is 0 Å². The summed E-state index contributed by atoms with van der Waals surface area (Å²) in [5.74, 6) is -0.158. The van der Waals surface area contributed by atoms with E-state index >= 15 is 0 Å². The molecule has 5 aromatic rings. The van der Waals surface area contributed by atoms with E-state index in [1.807, 2.05) is 41.5 Å². The van der Waals surface area contributed by atoms with Crippen molar-refractivity contribution in [1.82, 2.24) is 24.6 Å². The van der Waals surface area contributed by atoms with E-state index in [-0.39, 0.29) is 23.8 Å². The average molecular weight is 610 g/mol. The monoisotopic (exact) mass is 609 g/mol. The summed E-state index contributed by atoms with van der Waals surface area (Å²) in [5.41, 5.74) is 6.09. The van der Waals surface area contributed by atoms with Crippen LogP contribution in [0.15, 0.2) is 90.4 Å². The quantitative estimate of drug-likeness (QED) is 0.201. The molecule has 0 bridgehead atoms. The van der Waals surface area contributed by atoms with Crippen LogP contribution in [0.2, 0.25) is 5.02 Å². The van der Waals surface area contributed by atoms with E-state index in [0.29, 0.717) is 40.9 Å². The van der Waals surface area contributed by atoms with Gasteiger partial charge in [-0.3, -0.25) is 9.59 Å². The molecule has 1 unspecified atom stereocenters. The van der Waals surface area contributed by atoms with Crippen molar-refractivity contribution in [2.45, 2.75) is 32.7 Å². The largest absolute Gasteiger partial charge is 0.335 e. The normalized spacial score (nSPS) is 15.2. The molecule has 1 atom stereocenters. The van der Waals surface area contributed by atoms with Crippen molar-refractivity contribution in [3.05, 3.63) is 112 Å². The zero-order chi connectivity index (χ0) is 30.1. The van der Waals surface area contributed by atoms with Crippen LogP contribution in [0.4, 0.5) is 0 Å². The summed E-state index contributed by atoms with van der Waals surface area (Å²) in [6, 6.07) is 25.6. The fraction of sp³-hybridized carbons (Fsp3) is 0.235. The molecule has 9 heteroatoms. The Kier molecular flexibility index (Phi) is 8.15. The van der Waals surface area contributed by atoms with Crippen LogP contribution in [-0.4, -0.2) is 62.1 Å². The lowest BCUT2D eigenvalue weighted by Gasteiger charge is -2.40. The molecule has 2 amide bonds. The number of thiazole rings is 1. The number of nitrogens with zero attached hydrogens (tertiary/aromatic N) is 5. The number of benzene rings is 3. The Balaban J connectivity index is 1.20. The van der Waals surface area contributed by atoms with Gasteiger partial charge in [0.1, 0.15) is 0 Å². The molecule has 2 aromatic heterocycles. The fourth-order valence-corrected chi connectivity index (χ4v) is 6.61. The predicted molar refractivity (Wildman–Crippen MR) is 172 cm³/mol. The summed E-state index contributed by atoms with van der Waals surface area (Å²) in [6.45, 7) is 7.37. The zero-order valence-corrected chi connectivity index (χ0v) is 25.8. The topological polar surface area (TPSA) is 71.3 Å². The Morgan fingerprint density at radius 1 is 0.860 bits per heavy atom. The summed E-state index contributed by atoms with van der Waals surface area (Å²) in [6.07, 6.45) is 1.65. The van der Waals surface area contributed by atoms with Gasteiger partial charge in [-0.25, -0.2) is 9.67 Å². The molecule has 0 radical (unpaired) electrons. The van der Waals surface area contributed by atoms with Crippen molar-refractivity contribution in [3.8, 4) is 27.5 Å². The maximum Gasteiger partial charge on any atom is 0.257 e. The lowest BCUT2D eigenvalue weighted by atomic mass is 10.0. The Morgan fingerprint density at radius 3 is 2.23 bits per heavy atom. The van der Waals surface area contributed by atoms with E-state index in [0.717, 1.165) is 22.5 Å². The van der Waals surface area contributed by atoms with E-state index in [4.69, 9.17) is 16.6 Å². The Morgan fingerprint density at radius 2 is 1.53 bits per heavy atom. The highest BCUT2D eigenvalue weighted by atomic mass is 35.5. The Hall–Kier alpha value is -4.27. The summed E-state index contributed by atoms with van der Waals surface area (Å²) in [4.78, 5) is 35.5. The van der Waals surface area contributed by atoms with Crippen molar-refractivity contribution in [2.75, 3.05) is 19.6 Å². The fourth-order valence-electron chi connectivity index (χ4n) is 5.59. The molecule has 0 spiro atoms. The SMILES string of the molecule is CC(C)c1c(C(=O)N2CCN(C(=O)c3ccccc3Cl)C(C)C2)cnn1-c1nc(-c2ccc(-c3ccccc3)cc2)cs1. The van der Waals surface area contributed by atoms with Gasteiger partial charge in [-0.05, 0) is 36.1 Å². The molecule has 1 aliphatic rings. The second-order valence-corrected chi connectivity index (χ2v) is 12.3. The van der Waals surface area contributed by atoms with Crippen LogP contribution in [0.3, 0.4) is 0 Å². The van der Waals surface area contributed by atoms with Crippen molar-refractivity contribution < 1.29 is 9.59 Å². The number of hydrogen-bond donors (Lipinski definition) is 0. The molecule has 6 rings (SSSR count). The highest BCUT2D eigenvalue weighted by Gasteiger charge is 2.33. The molecule has 43 heavy (non-hydrogen) atoms. The molecular formula is C34H32ClN5O2S. The molecule has 1 aliphatic heterocycles. The molecule has 1 fully saturated rings. The summed E-state index contributed by atoms with van der Waals surface area (Å²) >= 11 is 7.79. The van der Waals surface area contributed by atoms with E-state index in [2.05, 4.69) is 55.3 Å².